The molecule has 208 valence electrons. The number of H-pyrrole nitrogens is 1. The van der Waals surface area contributed by atoms with Crippen LogP contribution in [-0.4, -0.2) is 81.5 Å². The lowest BCUT2D eigenvalue weighted by Gasteiger charge is -2.22. The van der Waals surface area contributed by atoms with Crippen LogP contribution in [0.5, 0.6) is 0 Å². The fourth-order valence-electron chi connectivity index (χ4n) is 3.27. The Morgan fingerprint density at radius 3 is 2.51 bits per heavy atom. The molecule has 2 aromatic heterocycles. The number of aromatic amines is 1. The summed E-state index contributed by atoms with van der Waals surface area (Å²) in [5, 5.41) is 13.2. The summed E-state index contributed by atoms with van der Waals surface area (Å²) in [5.74, 6) is -0.908. The average Bonchev–Trinajstić information content (AvgIpc) is 3.25. The highest BCUT2D eigenvalue weighted by molar-refractivity contribution is 7.66. The van der Waals surface area contributed by atoms with Crippen molar-refractivity contribution in [3.8, 4) is 0 Å². The third kappa shape index (κ3) is 7.49. The van der Waals surface area contributed by atoms with Gasteiger partial charge in [0.25, 0.3) is 5.56 Å². The van der Waals surface area contributed by atoms with Gasteiger partial charge in [-0.1, -0.05) is 0 Å². The molecular weight excluding hydrogens is 571 g/mol. The molecule has 24 heteroatoms. The van der Waals surface area contributed by atoms with Crippen molar-refractivity contribution in [2.75, 3.05) is 18.9 Å². The lowest BCUT2D eigenvalue weighted by Crippen LogP contribution is -2.47. The van der Waals surface area contributed by atoms with Crippen molar-refractivity contribution in [1.82, 2.24) is 24.8 Å². The van der Waals surface area contributed by atoms with E-state index in [1.807, 2.05) is 0 Å². The Kier molecular flexibility index (Phi) is 8.72. The third-order valence-corrected chi connectivity index (χ3v) is 8.41. The second-order valence-electron chi connectivity index (χ2n) is 7.35. The average molecular weight is 593 g/mol. The summed E-state index contributed by atoms with van der Waals surface area (Å²) in [6, 6.07) is -1.30. The molecule has 0 spiro atoms. The van der Waals surface area contributed by atoms with Crippen molar-refractivity contribution in [3.05, 3.63) is 16.7 Å². The maximum Gasteiger partial charge on any atom is 0.490 e. The number of fused-ring (bicyclic) bond motifs is 1. The maximum absolute atomic E-state index is 12.2. The number of aliphatic hydroxyl groups excluding tert-OH is 1. The Labute approximate surface area is 205 Å². The number of anilines is 1. The van der Waals surface area contributed by atoms with Crippen molar-refractivity contribution in [2.45, 2.75) is 30.9 Å². The van der Waals surface area contributed by atoms with Crippen LogP contribution in [0.2, 0.25) is 0 Å². The molecule has 37 heavy (non-hydrogen) atoms. The van der Waals surface area contributed by atoms with Gasteiger partial charge < -0.3 is 46.2 Å². The predicted molar refractivity (Wildman–Crippen MR) is 118 cm³/mol. The van der Waals surface area contributed by atoms with Gasteiger partial charge in [-0.15, -0.1) is 0 Å². The number of imidazole rings is 1. The number of nitrogens with two attached hydrogens (primary N) is 2. The van der Waals surface area contributed by atoms with Crippen LogP contribution < -0.4 is 22.3 Å². The van der Waals surface area contributed by atoms with Gasteiger partial charge in [0.2, 0.25) is 11.9 Å². The van der Waals surface area contributed by atoms with Gasteiger partial charge in [-0.05, 0) is 0 Å². The monoisotopic (exact) mass is 593 g/mol. The van der Waals surface area contributed by atoms with E-state index in [0.29, 0.717) is 0 Å². The number of phosphoric acid groups is 3. The molecule has 1 fully saturated rings. The van der Waals surface area contributed by atoms with Crippen LogP contribution in [-0.2, 0) is 36.4 Å². The largest absolute Gasteiger partial charge is 0.490 e. The van der Waals surface area contributed by atoms with E-state index in [1.165, 1.54) is 0 Å². The quantitative estimate of drug-likeness (QED) is 0.118. The van der Waals surface area contributed by atoms with Gasteiger partial charge in [0, 0.05) is 13.0 Å². The van der Waals surface area contributed by atoms with E-state index in [9.17, 15) is 38.2 Å². The molecule has 21 nitrogen and oxygen atoms in total. The molecule has 11 N–H and O–H groups in total. The number of amides is 1. The fourth-order valence-corrected chi connectivity index (χ4v) is 6.30. The number of carbonyl (C=O) groups excluding carboxylic acids is 1. The molecule has 0 radical (unpaired) electrons. The van der Waals surface area contributed by atoms with E-state index in [1.54, 1.807) is 0 Å². The molecule has 0 bridgehead atoms. The second-order valence-corrected chi connectivity index (χ2v) is 11.8. The minimum Gasteiger partial charge on any atom is -0.388 e. The van der Waals surface area contributed by atoms with Crippen molar-refractivity contribution >= 4 is 46.5 Å². The number of nitrogens with zero attached hydrogens (tertiary/aromatic N) is 3. The molecule has 2 unspecified atom stereocenters. The Morgan fingerprint density at radius 1 is 1.22 bits per heavy atom. The highest BCUT2D eigenvalue weighted by Gasteiger charge is 2.48. The zero-order chi connectivity index (χ0) is 27.8. The van der Waals surface area contributed by atoms with Crippen LogP contribution in [0.15, 0.2) is 11.1 Å². The van der Waals surface area contributed by atoms with Gasteiger partial charge in [0.05, 0.1) is 12.9 Å². The highest BCUT2D eigenvalue weighted by Crippen LogP contribution is 2.66. The molecule has 1 aliphatic rings. The molecule has 3 rings (SSSR count). The predicted octanol–water partition coefficient (Wildman–Crippen LogP) is -2.86. The van der Waals surface area contributed by atoms with E-state index in [2.05, 4.69) is 33.4 Å². The van der Waals surface area contributed by atoms with Crippen LogP contribution in [0.1, 0.15) is 12.6 Å². The fraction of sp³-hybridized carbons (Fsp3) is 0.538. The number of hydrogen-bond donors (Lipinski definition) is 9. The summed E-state index contributed by atoms with van der Waals surface area (Å²) in [4.78, 5) is 70.4. The first-order valence-electron chi connectivity index (χ1n) is 9.85. The number of carbonyl (C=O) groups is 1. The molecule has 1 saturated heterocycles. The molecule has 3 heterocycles. The summed E-state index contributed by atoms with van der Waals surface area (Å²) in [5.41, 5.74) is 9.95. The normalized spacial score (nSPS) is 25.6. The lowest BCUT2D eigenvalue weighted by molar-refractivity contribution is -0.123. The highest BCUT2D eigenvalue weighted by atomic mass is 31.3. The molecule has 0 saturated carbocycles. The number of rotatable bonds is 11. The van der Waals surface area contributed by atoms with E-state index < -0.39 is 66.0 Å². The zero-order valence-electron chi connectivity index (χ0n) is 18.3. The third-order valence-electron chi connectivity index (χ3n) is 4.61. The van der Waals surface area contributed by atoms with Gasteiger partial charge in [0.1, 0.15) is 18.2 Å². The SMILES string of the molecule is NCCC(=O)N[C@@H]1[C@H](O)[C@@H](COP(=O)(O)OP(=O)(O)OP(=O)(O)O)O[C@H]1n1cnc2c(=O)[nH]c(N)nc21. The van der Waals surface area contributed by atoms with Gasteiger partial charge >= 0.3 is 23.5 Å². The Balaban J connectivity index is 1.84. The van der Waals surface area contributed by atoms with Crippen LogP contribution in [0.4, 0.5) is 5.95 Å². The van der Waals surface area contributed by atoms with Crippen molar-refractivity contribution in [3.63, 3.8) is 0 Å². The first-order valence-corrected chi connectivity index (χ1v) is 14.4. The van der Waals surface area contributed by atoms with Gasteiger partial charge in [0.15, 0.2) is 17.4 Å². The minimum atomic E-state index is -5.78. The van der Waals surface area contributed by atoms with Gasteiger partial charge in [-0.3, -0.25) is 23.7 Å². The van der Waals surface area contributed by atoms with E-state index in [4.69, 9.17) is 26.0 Å². The lowest BCUT2D eigenvalue weighted by atomic mass is 10.1. The number of nitrogen functional groups attached to an aromatic ring is 1. The van der Waals surface area contributed by atoms with Gasteiger partial charge in [-0.25, -0.2) is 18.7 Å². The van der Waals surface area contributed by atoms with Crippen LogP contribution in [0, 0.1) is 0 Å². The van der Waals surface area contributed by atoms with Gasteiger partial charge in [-0.2, -0.15) is 13.6 Å². The topological polar surface area (TPSA) is 334 Å². The number of ether oxygens (including phenoxy) is 1. The van der Waals surface area contributed by atoms with Crippen molar-refractivity contribution in [1.29, 1.82) is 0 Å². The summed E-state index contributed by atoms with van der Waals surface area (Å²) >= 11 is 0. The first-order chi connectivity index (χ1) is 17.0. The summed E-state index contributed by atoms with van der Waals surface area (Å²) in [6.07, 6.45) is -3.61. The number of aromatic nitrogens is 4. The molecule has 0 aromatic carbocycles. The smallest absolute Gasteiger partial charge is 0.388 e. The Bertz CT molecular complexity index is 1360. The van der Waals surface area contributed by atoms with Crippen LogP contribution in [0.3, 0.4) is 0 Å². The summed E-state index contributed by atoms with van der Waals surface area (Å²) in [6.45, 7) is -1.06. The number of phosphoric ester groups is 1. The standard InChI is InChI=1S/C13H22N7O14P3/c14-2-1-6(21)17-7-9(22)5(3-31-36(27,28)34-37(29,30)33-35(24,25)26)32-12(7)20-4-16-8-10(20)18-13(15)19-11(8)23/h4-5,7,9,12,22H,1-3,14H2,(H,17,21)(H,27,28)(H,29,30)(H2,24,25,26)(H3,15,18,19,23)/t5-,7-,9-,12-/m1/s1. The second kappa shape index (κ2) is 11.0. The van der Waals surface area contributed by atoms with E-state index >= 15 is 0 Å². The maximum atomic E-state index is 12.2. The number of nitrogens with one attached hydrogen (secondary N) is 2. The van der Waals surface area contributed by atoms with E-state index in [-0.39, 0.29) is 30.1 Å². The zero-order valence-corrected chi connectivity index (χ0v) is 20.9. The van der Waals surface area contributed by atoms with Crippen LogP contribution in [0.25, 0.3) is 11.2 Å². The molecule has 6 atom stereocenters. The Morgan fingerprint density at radius 2 is 1.89 bits per heavy atom. The molecule has 2 aromatic rings. The summed E-state index contributed by atoms with van der Waals surface area (Å²) < 4.78 is 52.8. The Hall–Kier alpha value is -2.09. The molecular formula is C13H22N7O14P3. The molecule has 1 amide bonds. The molecule has 0 aliphatic carbocycles. The first kappa shape index (κ1) is 29.5. The number of hydrogen-bond acceptors (Lipinski definition) is 14. The number of aliphatic hydroxyl groups is 1. The summed E-state index contributed by atoms with van der Waals surface area (Å²) in [7, 11) is -16.9. The van der Waals surface area contributed by atoms with E-state index in [0.717, 1.165) is 10.9 Å². The molecule has 1 aliphatic heterocycles. The van der Waals surface area contributed by atoms with Crippen LogP contribution >= 0.6 is 23.5 Å². The minimum absolute atomic E-state index is 0.0445. The van der Waals surface area contributed by atoms with Crippen molar-refractivity contribution < 1.29 is 61.1 Å². The van der Waals surface area contributed by atoms with Crippen molar-refractivity contribution in [2.24, 2.45) is 5.73 Å².